The molecule has 1 aromatic carbocycles. The predicted molar refractivity (Wildman–Crippen MR) is 104 cm³/mol. The predicted octanol–water partition coefficient (Wildman–Crippen LogP) is 3.17. The summed E-state index contributed by atoms with van der Waals surface area (Å²) in [6, 6.07) is 6.89. The maximum absolute atomic E-state index is 15.0. The quantitative estimate of drug-likeness (QED) is 0.809. The van der Waals surface area contributed by atoms with E-state index in [0.29, 0.717) is 55.5 Å². The molecule has 29 heavy (non-hydrogen) atoms. The van der Waals surface area contributed by atoms with Crippen LogP contribution in [0.5, 0.6) is 11.6 Å². The summed E-state index contributed by atoms with van der Waals surface area (Å²) in [5, 5.41) is 10.1. The largest absolute Gasteiger partial charge is 0.479 e. The van der Waals surface area contributed by atoms with Crippen molar-refractivity contribution in [3.05, 3.63) is 47.4 Å². The van der Waals surface area contributed by atoms with Gasteiger partial charge in [0.1, 0.15) is 5.75 Å². The van der Waals surface area contributed by atoms with E-state index in [2.05, 4.69) is 4.98 Å². The molecule has 7 heteroatoms. The van der Waals surface area contributed by atoms with Gasteiger partial charge in [-0.2, -0.15) is 0 Å². The number of amides is 1. The Hall–Kier alpha value is -2.67. The number of carbonyl (C=O) groups excluding carboxylic acids is 1. The molecule has 1 amide bonds. The maximum Gasteiger partial charge on any atom is 0.268 e. The van der Waals surface area contributed by atoms with Gasteiger partial charge in [0.25, 0.3) is 5.91 Å². The van der Waals surface area contributed by atoms with E-state index in [9.17, 15) is 14.3 Å². The molecule has 0 bridgehead atoms. The van der Waals surface area contributed by atoms with Crippen molar-refractivity contribution >= 4 is 11.6 Å². The Morgan fingerprint density at radius 3 is 2.79 bits per heavy atom. The minimum atomic E-state index is -0.804. The summed E-state index contributed by atoms with van der Waals surface area (Å²) in [5.74, 6) is 0.887. The lowest BCUT2D eigenvalue weighted by Crippen LogP contribution is -2.33. The van der Waals surface area contributed by atoms with E-state index in [1.807, 2.05) is 0 Å². The minimum Gasteiger partial charge on any atom is -0.479 e. The SMILES string of the molecule is O=C1[C@H](Oc2ccc(OCC3CC3)nc2)CCN1c1ccc2c(c1F)C(O)CC2. The summed E-state index contributed by atoms with van der Waals surface area (Å²) >= 11 is 0. The molecule has 2 heterocycles. The van der Waals surface area contributed by atoms with Crippen LogP contribution in [0.15, 0.2) is 30.5 Å². The van der Waals surface area contributed by atoms with E-state index in [-0.39, 0.29) is 11.6 Å². The zero-order chi connectivity index (χ0) is 20.0. The van der Waals surface area contributed by atoms with E-state index < -0.39 is 18.0 Å². The van der Waals surface area contributed by atoms with Gasteiger partial charge in [0.15, 0.2) is 11.9 Å². The molecule has 152 valence electrons. The number of fused-ring (bicyclic) bond motifs is 1. The van der Waals surface area contributed by atoms with Gasteiger partial charge in [-0.1, -0.05) is 6.07 Å². The van der Waals surface area contributed by atoms with Gasteiger partial charge >= 0.3 is 0 Å². The Labute approximate surface area is 168 Å². The van der Waals surface area contributed by atoms with E-state index in [4.69, 9.17) is 9.47 Å². The molecule has 1 saturated carbocycles. The molecule has 1 aromatic heterocycles. The van der Waals surface area contributed by atoms with Crippen molar-refractivity contribution in [3.8, 4) is 11.6 Å². The van der Waals surface area contributed by atoms with Crippen molar-refractivity contribution in [2.24, 2.45) is 5.92 Å². The third-order valence-electron chi connectivity index (χ3n) is 5.87. The Kier molecular flexibility index (Phi) is 4.62. The summed E-state index contributed by atoms with van der Waals surface area (Å²) < 4.78 is 26.4. The van der Waals surface area contributed by atoms with Crippen LogP contribution in [0, 0.1) is 11.7 Å². The highest BCUT2D eigenvalue weighted by molar-refractivity contribution is 5.99. The number of carbonyl (C=O) groups is 1. The van der Waals surface area contributed by atoms with Gasteiger partial charge in [-0.05, 0) is 49.3 Å². The molecule has 1 N–H and O–H groups in total. The Morgan fingerprint density at radius 2 is 2.03 bits per heavy atom. The van der Waals surface area contributed by atoms with Gasteiger partial charge in [0, 0.05) is 24.6 Å². The molecule has 2 atom stereocenters. The molecule has 1 aliphatic heterocycles. The molecule has 6 nitrogen and oxygen atoms in total. The van der Waals surface area contributed by atoms with Crippen molar-refractivity contribution in [2.75, 3.05) is 18.1 Å². The Morgan fingerprint density at radius 1 is 1.17 bits per heavy atom. The summed E-state index contributed by atoms with van der Waals surface area (Å²) in [5.41, 5.74) is 1.35. The first kappa shape index (κ1) is 18.4. The minimum absolute atomic E-state index is 0.211. The highest BCUT2D eigenvalue weighted by Gasteiger charge is 2.37. The molecule has 2 fully saturated rings. The van der Waals surface area contributed by atoms with Gasteiger partial charge in [0.05, 0.1) is 24.6 Å². The second kappa shape index (κ2) is 7.30. The van der Waals surface area contributed by atoms with Crippen molar-refractivity contribution in [2.45, 2.75) is 44.3 Å². The third kappa shape index (κ3) is 3.55. The second-order valence-electron chi connectivity index (χ2n) is 8.00. The molecule has 0 radical (unpaired) electrons. The van der Waals surface area contributed by atoms with Crippen LogP contribution in [0.25, 0.3) is 0 Å². The molecule has 1 saturated heterocycles. The number of hydrogen-bond donors (Lipinski definition) is 1. The van der Waals surface area contributed by atoms with Crippen LogP contribution in [0.2, 0.25) is 0 Å². The van der Waals surface area contributed by atoms with Crippen molar-refractivity contribution < 1.29 is 23.8 Å². The van der Waals surface area contributed by atoms with Gasteiger partial charge in [-0.3, -0.25) is 4.79 Å². The van der Waals surface area contributed by atoms with Crippen LogP contribution >= 0.6 is 0 Å². The molecule has 0 spiro atoms. The van der Waals surface area contributed by atoms with E-state index in [1.165, 1.54) is 17.7 Å². The fraction of sp³-hybridized carbons (Fsp3) is 0.455. The zero-order valence-electron chi connectivity index (χ0n) is 16.0. The van der Waals surface area contributed by atoms with Gasteiger partial charge in [-0.15, -0.1) is 0 Å². The van der Waals surface area contributed by atoms with Crippen LogP contribution in [-0.4, -0.2) is 35.3 Å². The first-order valence-electron chi connectivity index (χ1n) is 10.2. The summed E-state index contributed by atoms with van der Waals surface area (Å²) in [7, 11) is 0. The molecule has 5 rings (SSSR count). The lowest BCUT2D eigenvalue weighted by Gasteiger charge is -2.20. The zero-order valence-corrected chi connectivity index (χ0v) is 16.0. The summed E-state index contributed by atoms with van der Waals surface area (Å²) in [6.45, 7) is 1.05. The second-order valence-corrected chi connectivity index (χ2v) is 8.00. The van der Waals surface area contributed by atoms with E-state index in [0.717, 1.165) is 5.56 Å². The average molecular weight is 398 g/mol. The molecule has 1 unspecified atom stereocenters. The third-order valence-corrected chi connectivity index (χ3v) is 5.87. The molecule has 2 aromatic rings. The fourth-order valence-electron chi connectivity index (χ4n) is 4.02. The topological polar surface area (TPSA) is 71.9 Å². The lowest BCUT2D eigenvalue weighted by atomic mass is 10.1. The van der Waals surface area contributed by atoms with Crippen LogP contribution in [0.3, 0.4) is 0 Å². The number of hydrogen-bond acceptors (Lipinski definition) is 5. The highest BCUT2D eigenvalue weighted by atomic mass is 19.1. The number of nitrogens with zero attached hydrogens (tertiary/aromatic N) is 2. The monoisotopic (exact) mass is 398 g/mol. The number of aliphatic hydroxyl groups is 1. The smallest absolute Gasteiger partial charge is 0.268 e. The number of rotatable bonds is 6. The van der Waals surface area contributed by atoms with E-state index >= 15 is 0 Å². The number of halogens is 1. The number of aliphatic hydroxyl groups excluding tert-OH is 1. The van der Waals surface area contributed by atoms with Crippen molar-refractivity contribution in [3.63, 3.8) is 0 Å². The van der Waals surface area contributed by atoms with Gasteiger partial charge in [-0.25, -0.2) is 9.37 Å². The molecular formula is C22H23FN2O4. The Bertz CT molecular complexity index is 929. The van der Waals surface area contributed by atoms with Gasteiger partial charge in [0.2, 0.25) is 5.88 Å². The van der Waals surface area contributed by atoms with Gasteiger partial charge < -0.3 is 19.5 Å². The van der Waals surface area contributed by atoms with Crippen LogP contribution in [0.4, 0.5) is 10.1 Å². The normalized spacial score (nSPS) is 23.4. The first-order chi connectivity index (χ1) is 14.1. The maximum atomic E-state index is 15.0. The number of aryl methyl sites for hydroxylation is 1. The van der Waals surface area contributed by atoms with E-state index in [1.54, 1.807) is 30.5 Å². The van der Waals surface area contributed by atoms with Crippen molar-refractivity contribution in [1.82, 2.24) is 4.98 Å². The number of pyridine rings is 1. The summed E-state index contributed by atoms with van der Waals surface area (Å²) in [6.07, 6.45) is 4.11. The molecule has 3 aliphatic rings. The van der Waals surface area contributed by atoms with Crippen LogP contribution in [-0.2, 0) is 11.2 Å². The van der Waals surface area contributed by atoms with Crippen molar-refractivity contribution in [1.29, 1.82) is 0 Å². The fourth-order valence-corrected chi connectivity index (χ4v) is 4.02. The molecular weight excluding hydrogens is 375 g/mol. The first-order valence-corrected chi connectivity index (χ1v) is 10.2. The number of ether oxygens (including phenoxy) is 2. The lowest BCUT2D eigenvalue weighted by molar-refractivity contribution is -0.122. The highest BCUT2D eigenvalue weighted by Crippen LogP contribution is 2.38. The summed E-state index contributed by atoms with van der Waals surface area (Å²) in [4.78, 5) is 18.5. The standard InChI is InChI=1S/C22H23FN2O4/c23-21-16(6-3-14-4-7-17(26)20(14)21)25-10-9-18(22(25)27)29-15-5-8-19(24-11-15)28-12-13-1-2-13/h3,5-6,8,11,13,17-18,26H,1-2,4,7,9-10,12H2/t17?,18-/m1/s1. The van der Waals surface area contributed by atoms with Crippen LogP contribution < -0.4 is 14.4 Å². The van der Waals surface area contributed by atoms with Crippen LogP contribution in [0.1, 0.15) is 42.9 Å². The molecule has 2 aliphatic carbocycles. The average Bonchev–Trinajstić information content (AvgIpc) is 3.39. The number of benzene rings is 1. The number of aromatic nitrogens is 1. The number of anilines is 1. The Balaban J connectivity index is 1.26.